The van der Waals surface area contributed by atoms with Crippen molar-refractivity contribution in [2.75, 3.05) is 20.6 Å². The number of aryl methyl sites for hydroxylation is 1. The zero-order valence-electron chi connectivity index (χ0n) is 14.9. The van der Waals surface area contributed by atoms with Crippen LogP contribution in [0.1, 0.15) is 28.0 Å². The molecule has 0 aromatic carbocycles. The molecule has 3 heterocycles. The van der Waals surface area contributed by atoms with Crippen LogP contribution in [0.3, 0.4) is 0 Å². The lowest BCUT2D eigenvalue weighted by molar-refractivity contribution is 0.192. The first-order valence-corrected chi connectivity index (χ1v) is 9.04. The fourth-order valence-corrected chi connectivity index (χ4v) is 3.91. The molecule has 2 aromatic rings. The Bertz CT molecular complexity index is 828. The second-order valence-corrected chi connectivity index (χ2v) is 7.46. The van der Waals surface area contributed by atoms with Crippen molar-refractivity contribution in [3.63, 3.8) is 0 Å². The Morgan fingerprint density at radius 1 is 1.44 bits per heavy atom. The maximum absolute atomic E-state index is 12.6. The SMILES string of the molecule is Cc1nc2c(c(=O)n1C)CN(C(=O)NCC(c1cccs1)N(C)C)C2. The first-order chi connectivity index (χ1) is 11.9. The number of carbonyl (C=O) groups excluding carboxylic acids is 1. The molecule has 0 radical (unpaired) electrons. The third kappa shape index (κ3) is 3.45. The number of amides is 2. The van der Waals surface area contributed by atoms with E-state index >= 15 is 0 Å². The molecule has 1 atom stereocenters. The number of nitrogens with zero attached hydrogens (tertiary/aromatic N) is 4. The highest BCUT2D eigenvalue weighted by Crippen LogP contribution is 2.23. The molecule has 0 bridgehead atoms. The van der Waals surface area contributed by atoms with Gasteiger partial charge >= 0.3 is 6.03 Å². The summed E-state index contributed by atoms with van der Waals surface area (Å²) in [5.41, 5.74) is 1.26. The highest BCUT2D eigenvalue weighted by atomic mass is 32.1. The quantitative estimate of drug-likeness (QED) is 0.895. The van der Waals surface area contributed by atoms with Gasteiger partial charge in [-0.1, -0.05) is 6.07 Å². The maximum Gasteiger partial charge on any atom is 0.318 e. The molecule has 0 fully saturated rings. The van der Waals surface area contributed by atoms with Gasteiger partial charge in [-0.05, 0) is 32.5 Å². The van der Waals surface area contributed by atoms with Crippen LogP contribution < -0.4 is 10.9 Å². The number of hydrogen-bond donors (Lipinski definition) is 1. The van der Waals surface area contributed by atoms with Crippen molar-refractivity contribution in [1.29, 1.82) is 0 Å². The van der Waals surface area contributed by atoms with E-state index in [1.807, 2.05) is 25.5 Å². The molecule has 1 unspecified atom stereocenters. The van der Waals surface area contributed by atoms with Crippen LogP contribution in [-0.2, 0) is 20.1 Å². The molecule has 0 spiro atoms. The molecule has 2 aromatic heterocycles. The largest absolute Gasteiger partial charge is 0.336 e. The minimum atomic E-state index is -0.166. The Balaban J connectivity index is 1.67. The summed E-state index contributed by atoms with van der Waals surface area (Å²) in [4.78, 5) is 34.3. The Morgan fingerprint density at radius 3 is 2.84 bits per heavy atom. The summed E-state index contributed by atoms with van der Waals surface area (Å²) in [6.45, 7) is 3.01. The smallest absolute Gasteiger partial charge is 0.318 e. The number of rotatable bonds is 4. The Kier molecular flexibility index (Phi) is 4.91. The predicted octanol–water partition coefficient (Wildman–Crippen LogP) is 1.48. The van der Waals surface area contributed by atoms with Gasteiger partial charge in [0.25, 0.3) is 5.56 Å². The van der Waals surface area contributed by atoms with Gasteiger partial charge in [-0.25, -0.2) is 9.78 Å². The Hall–Kier alpha value is -2.19. The van der Waals surface area contributed by atoms with Crippen LogP contribution in [0.4, 0.5) is 4.79 Å². The monoisotopic (exact) mass is 361 g/mol. The Labute approximate surface area is 150 Å². The number of hydrogen-bond acceptors (Lipinski definition) is 5. The average molecular weight is 361 g/mol. The average Bonchev–Trinajstić information content (AvgIpc) is 3.22. The van der Waals surface area contributed by atoms with Crippen molar-refractivity contribution >= 4 is 17.4 Å². The molecule has 0 saturated carbocycles. The maximum atomic E-state index is 12.6. The van der Waals surface area contributed by atoms with E-state index in [0.717, 1.165) is 0 Å². The second-order valence-electron chi connectivity index (χ2n) is 6.49. The minimum Gasteiger partial charge on any atom is -0.336 e. The number of urea groups is 1. The molecule has 1 N–H and O–H groups in total. The van der Waals surface area contributed by atoms with Crippen LogP contribution in [0, 0.1) is 6.92 Å². The molecular weight excluding hydrogens is 338 g/mol. The van der Waals surface area contributed by atoms with Gasteiger partial charge in [0.1, 0.15) is 5.82 Å². The fourth-order valence-electron chi connectivity index (χ4n) is 2.99. The van der Waals surface area contributed by atoms with Gasteiger partial charge in [-0.15, -0.1) is 11.3 Å². The molecule has 25 heavy (non-hydrogen) atoms. The standard InChI is InChI=1S/C17H23N5O2S/c1-11-19-13-10-22(9-12(13)16(23)21(11)4)17(24)18-8-14(20(2)3)15-6-5-7-25-15/h5-7,14H,8-10H2,1-4H3,(H,18,24). The summed E-state index contributed by atoms with van der Waals surface area (Å²) in [7, 11) is 5.70. The van der Waals surface area contributed by atoms with Crippen molar-refractivity contribution in [3.05, 3.63) is 49.8 Å². The molecule has 7 nitrogen and oxygen atoms in total. The third-order valence-electron chi connectivity index (χ3n) is 4.61. The summed E-state index contributed by atoms with van der Waals surface area (Å²) in [5.74, 6) is 0.663. The van der Waals surface area contributed by atoms with Gasteiger partial charge in [0.15, 0.2) is 0 Å². The number of carbonyl (C=O) groups is 1. The normalized spacial score (nSPS) is 14.7. The van der Waals surface area contributed by atoms with Crippen LogP contribution in [0.5, 0.6) is 0 Å². The first kappa shape index (κ1) is 17.6. The topological polar surface area (TPSA) is 70.5 Å². The summed E-state index contributed by atoms with van der Waals surface area (Å²) < 4.78 is 1.53. The van der Waals surface area contributed by atoms with E-state index in [-0.39, 0.29) is 17.6 Å². The highest BCUT2D eigenvalue weighted by molar-refractivity contribution is 7.10. The lowest BCUT2D eigenvalue weighted by atomic mass is 10.2. The van der Waals surface area contributed by atoms with E-state index in [9.17, 15) is 9.59 Å². The fraction of sp³-hybridized carbons (Fsp3) is 0.471. The molecule has 134 valence electrons. The number of aromatic nitrogens is 2. The van der Waals surface area contributed by atoms with Gasteiger partial charge in [0.05, 0.1) is 30.4 Å². The molecule has 1 aliphatic rings. The highest BCUT2D eigenvalue weighted by Gasteiger charge is 2.28. The van der Waals surface area contributed by atoms with E-state index in [1.165, 1.54) is 9.44 Å². The molecule has 0 aliphatic carbocycles. The Morgan fingerprint density at radius 2 is 2.20 bits per heavy atom. The van der Waals surface area contributed by atoms with Gasteiger partial charge in [0.2, 0.25) is 0 Å². The number of likely N-dealkylation sites (N-methyl/N-ethyl adjacent to an activating group) is 1. The van der Waals surface area contributed by atoms with E-state index in [2.05, 4.69) is 21.3 Å². The van der Waals surface area contributed by atoms with Crippen LogP contribution >= 0.6 is 11.3 Å². The first-order valence-electron chi connectivity index (χ1n) is 8.16. The van der Waals surface area contributed by atoms with E-state index in [4.69, 9.17) is 0 Å². The van der Waals surface area contributed by atoms with E-state index < -0.39 is 0 Å². The summed E-state index contributed by atoms with van der Waals surface area (Å²) in [5, 5.41) is 5.03. The lowest BCUT2D eigenvalue weighted by Crippen LogP contribution is -2.41. The molecule has 0 saturated heterocycles. The van der Waals surface area contributed by atoms with Crippen molar-refractivity contribution in [3.8, 4) is 0 Å². The summed E-state index contributed by atoms with van der Waals surface area (Å²) >= 11 is 1.68. The zero-order chi connectivity index (χ0) is 18.1. The molecular formula is C17H23N5O2S. The van der Waals surface area contributed by atoms with Crippen LogP contribution in [-0.4, -0.2) is 46.0 Å². The van der Waals surface area contributed by atoms with Crippen LogP contribution in [0.15, 0.2) is 22.3 Å². The van der Waals surface area contributed by atoms with Crippen molar-refractivity contribution in [1.82, 2.24) is 24.7 Å². The summed E-state index contributed by atoms with van der Waals surface area (Å²) in [6.07, 6.45) is 0. The number of fused-ring (bicyclic) bond motifs is 1. The lowest BCUT2D eigenvalue weighted by Gasteiger charge is -2.25. The molecule has 2 amide bonds. The molecule has 8 heteroatoms. The van der Waals surface area contributed by atoms with E-state index in [0.29, 0.717) is 36.7 Å². The van der Waals surface area contributed by atoms with Crippen molar-refractivity contribution in [2.45, 2.75) is 26.1 Å². The van der Waals surface area contributed by atoms with Gasteiger partial charge < -0.3 is 15.1 Å². The second kappa shape index (κ2) is 6.97. The van der Waals surface area contributed by atoms with Gasteiger partial charge in [0, 0.05) is 18.5 Å². The third-order valence-corrected chi connectivity index (χ3v) is 5.59. The molecule has 1 aliphatic heterocycles. The minimum absolute atomic E-state index is 0.0671. The number of nitrogens with one attached hydrogen (secondary N) is 1. The predicted molar refractivity (Wildman–Crippen MR) is 97.6 cm³/mol. The van der Waals surface area contributed by atoms with Crippen molar-refractivity contribution in [2.24, 2.45) is 7.05 Å². The molecule has 3 rings (SSSR count). The van der Waals surface area contributed by atoms with Crippen LogP contribution in [0.2, 0.25) is 0 Å². The summed E-state index contributed by atoms with van der Waals surface area (Å²) in [6, 6.07) is 4.05. The zero-order valence-corrected chi connectivity index (χ0v) is 15.8. The van der Waals surface area contributed by atoms with Crippen molar-refractivity contribution < 1.29 is 4.79 Å². The van der Waals surface area contributed by atoms with E-state index in [1.54, 1.807) is 30.2 Å². The van der Waals surface area contributed by atoms with Gasteiger partial charge in [-0.2, -0.15) is 0 Å². The number of thiophene rings is 1. The van der Waals surface area contributed by atoms with Gasteiger partial charge in [-0.3, -0.25) is 9.36 Å². The van der Waals surface area contributed by atoms with Crippen LogP contribution in [0.25, 0.3) is 0 Å².